The fraction of sp³-hybridized carbons (Fsp3) is 0.231. The summed E-state index contributed by atoms with van der Waals surface area (Å²) in [5.41, 5.74) is 0.311. The van der Waals surface area contributed by atoms with Crippen LogP contribution in [0.1, 0.15) is 17.5 Å². The number of carbonyl (C=O) groups is 1. The Hall–Kier alpha value is -3.91. The van der Waals surface area contributed by atoms with Gasteiger partial charge in [0.25, 0.3) is 15.9 Å². The number of fused-ring (bicyclic) bond motifs is 1. The number of furan rings is 1. The molecule has 1 unspecified atom stereocenters. The lowest BCUT2D eigenvalue weighted by atomic mass is 10.1. The van der Waals surface area contributed by atoms with Gasteiger partial charge in [-0.25, -0.2) is 21.6 Å². The summed E-state index contributed by atoms with van der Waals surface area (Å²) in [5, 5.41) is 1.83. The maximum absolute atomic E-state index is 14.4. The molecule has 2 aromatic heterocycles. The molecule has 1 N–H and O–H groups in total. The molecular formula is C26H19F6N3O4S. The minimum Gasteiger partial charge on any atom is -0.443 e. The fourth-order valence-electron chi connectivity index (χ4n) is 4.38. The van der Waals surface area contributed by atoms with Gasteiger partial charge in [0.2, 0.25) is 11.0 Å². The van der Waals surface area contributed by atoms with E-state index in [2.05, 4.69) is 10.3 Å². The van der Waals surface area contributed by atoms with Crippen LogP contribution in [-0.2, 0) is 27.5 Å². The number of nitrogens with zero attached hydrogens (tertiary/aromatic N) is 2. The van der Waals surface area contributed by atoms with Crippen LogP contribution in [0.2, 0.25) is 0 Å². The summed E-state index contributed by atoms with van der Waals surface area (Å²) in [6.07, 6.45) is -4.21. The molecule has 1 amide bonds. The van der Waals surface area contributed by atoms with Gasteiger partial charge in [0.1, 0.15) is 17.4 Å². The number of nitrogens with one attached hydrogen (secondary N) is 1. The molecule has 14 heteroatoms. The average Bonchev–Trinajstić information content (AvgIpc) is 3.48. The summed E-state index contributed by atoms with van der Waals surface area (Å²) >= 11 is 0. The lowest BCUT2D eigenvalue weighted by Crippen LogP contribution is -2.45. The fourth-order valence-corrected chi connectivity index (χ4v) is 5.94. The van der Waals surface area contributed by atoms with Crippen molar-refractivity contribution in [2.75, 3.05) is 6.54 Å². The van der Waals surface area contributed by atoms with Crippen LogP contribution in [0.4, 0.5) is 26.3 Å². The number of hydrogen-bond acceptors (Lipinski definition) is 5. The van der Waals surface area contributed by atoms with Crippen LogP contribution in [0, 0.1) is 5.82 Å². The maximum Gasteiger partial charge on any atom is 0.416 e. The van der Waals surface area contributed by atoms with E-state index in [9.17, 15) is 39.6 Å². The van der Waals surface area contributed by atoms with Crippen LogP contribution in [0.3, 0.4) is 0 Å². The van der Waals surface area contributed by atoms with E-state index >= 15 is 0 Å². The highest BCUT2D eigenvalue weighted by molar-refractivity contribution is 7.89. The van der Waals surface area contributed by atoms with Gasteiger partial charge >= 0.3 is 6.18 Å². The Bertz CT molecular complexity index is 1690. The van der Waals surface area contributed by atoms with Gasteiger partial charge in [-0.1, -0.05) is 12.1 Å². The molecule has 0 saturated carbocycles. The van der Waals surface area contributed by atoms with Crippen molar-refractivity contribution in [1.29, 1.82) is 0 Å². The third kappa shape index (κ3) is 5.54. The molecule has 1 saturated heterocycles. The van der Waals surface area contributed by atoms with Crippen molar-refractivity contribution < 1.29 is 44.0 Å². The Kier molecular flexibility index (Phi) is 6.86. The van der Waals surface area contributed by atoms with E-state index in [1.165, 1.54) is 36.5 Å². The molecule has 5 rings (SSSR count). The van der Waals surface area contributed by atoms with E-state index in [0.29, 0.717) is 21.1 Å². The molecule has 1 atom stereocenters. The Balaban J connectivity index is 1.33. The van der Waals surface area contributed by atoms with E-state index in [0.717, 1.165) is 30.3 Å². The number of halogens is 6. The molecular weight excluding hydrogens is 564 g/mol. The smallest absolute Gasteiger partial charge is 0.416 e. The molecule has 0 spiro atoms. The minimum absolute atomic E-state index is 0.0217. The zero-order valence-corrected chi connectivity index (χ0v) is 21.1. The van der Waals surface area contributed by atoms with E-state index < -0.39 is 63.5 Å². The zero-order chi connectivity index (χ0) is 28.9. The number of pyridine rings is 1. The monoisotopic (exact) mass is 583 g/mol. The maximum atomic E-state index is 14.4. The first-order valence-electron chi connectivity index (χ1n) is 11.7. The lowest BCUT2D eigenvalue weighted by molar-refractivity contribution is -0.137. The van der Waals surface area contributed by atoms with Crippen LogP contribution >= 0.6 is 0 Å². The normalized spacial score (nSPS) is 17.8. The quantitative estimate of drug-likeness (QED) is 0.309. The van der Waals surface area contributed by atoms with Gasteiger partial charge in [-0.05, 0) is 48.0 Å². The van der Waals surface area contributed by atoms with E-state index in [1.807, 2.05) is 0 Å². The van der Waals surface area contributed by atoms with Gasteiger partial charge in [-0.3, -0.25) is 9.78 Å². The van der Waals surface area contributed by atoms with Crippen molar-refractivity contribution in [2.45, 2.75) is 36.2 Å². The highest BCUT2D eigenvalue weighted by atomic mass is 32.2. The predicted molar refractivity (Wildman–Crippen MR) is 130 cm³/mol. The number of hydrogen-bond donors (Lipinski definition) is 1. The summed E-state index contributed by atoms with van der Waals surface area (Å²) in [7, 11) is -4.71. The molecule has 1 fully saturated rings. The summed E-state index contributed by atoms with van der Waals surface area (Å²) in [6, 6.07) is 9.78. The Morgan fingerprint density at radius 2 is 1.80 bits per heavy atom. The van der Waals surface area contributed by atoms with Crippen LogP contribution in [0.25, 0.3) is 22.2 Å². The van der Waals surface area contributed by atoms with Crippen molar-refractivity contribution in [2.24, 2.45) is 0 Å². The van der Waals surface area contributed by atoms with Gasteiger partial charge < -0.3 is 9.73 Å². The molecule has 0 bridgehead atoms. The van der Waals surface area contributed by atoms with Crippen molar-refractivity contribution in [3.8, 4) is 11.3 Å². The predicted octanol–water partition coefficient (Wildman–Crippen LogP) is 5.37. The van der Waals surface area contributed by atoms with Gasteiger partial charge in [-0.15, -0.1) is 0 Å². The second-order valence-corrected chi connectivity index (χ2v) is 11.0. The van der Waals surface area contributed by atoms with Gasteiger partial charge in [-0.2, -0.15) is 17.5 Å². The topological polar surface area (TPSA) is 92.5 Å². The van der Waals surface area contributed by atoms with E-state index in [4.69, 9.17) is 4.42 Å². The largest absolute Gasteiger partial charge is 0.443 e. The molecule has 40 heavy (non-hydrogen) atoms. The van der Waals surface area contributed by atoms with Crippen LogP contribution in [-0.4, -0.2) is 42.1 Å². The number of alkyl halides is 5. The SMILES string of the molecule is O=C(NCc1ccnc(-c2ccc(C(F)(F)F)cc2)c1)C1CC(F)(F)CN1S(=O)(=O)c1cc2cc(F)ccc2o1. The molecule has 7 nitrogen and oxygen atoms in total. The summed E-state index contributed by atoms with van der Waals surface area (Å²) in [4.78, 5) is 17.1. The molecule has 3 heterocycles. The Labute approximate surface area is 223 Å². The Morgan fingerprint density at radius 1 is 1.07 bits per heavy atom. The van der Waals surface area contributed by atoms with Crippen molar-refractivity contribution in [3.05, 3.63) is 83.8 Å². The molecule has 0 aliphatic carbocycles. The number of aromatic nitrogens is 1. The molecule has 1 aliphatic rings. The lowest BCUT2D eigenvalue weighted by Gasteiger charge is -2.21. The summed E-state index contributed by atoms with van der Waals surface area (Å²) < 4.78 is 113. The van der Waals surface area contributed by atoms with Gasteiger partial charge in [0, 0.05) is 36.2 Å². The van der Waals surface area contributed by atoms with Gasteiger partial charge in [0.15, 0.2) is 0 Å². The highest BCUT2D eigenvalue weighted by Crippen LogP contribution is 2.37. The van der Waals surface area contributed by atoms with Crippen LogP contribution in [0.15, 0.2) is 76.4 Å². The summed E-state index contributed by atoms with van der Waals surface area (Å²) in [5.74, 6) is -5.14. The highest BCUT2D eigenvalue weighted by Gasteiger charge is 2.53. The number of rotatable bonds is 6. The molecule has 1 aliphatic heterocycles. The second-order valence-electron chi connectivity index (χ2n) is 9.22. The summed E-state index contributed by atoms with van der Waals surface area (Å²) in [6.45, 7) is -1.46. The van der Waals surface area contributed by atoms with Crippen LogP contribution < -0.4 is 5.32 Å². The first-order chi connectivity index (χ1) is 18.7. The first kappa shape index (κ1) is 27.6. The van der Waals surface area contributed by atoms with Crippen molar-refractivity contribution in [1.82, 2.24) is 14.6 Å². The third-order valence-corrected chi connectivity index (χ3v) is 8.06. The molecule has 4 aromatic rings. The second kappa shape index (κ2) is 9.93. The van der Waals surface area contributed by atoms with Crippen molar-refractivity contribution >= 4 is 26.9 Å². The first-order valence-corrected chi connectivity index (χ1v) is 13.2. The van der Waals surface area contributed by atoms with Crippen LogP contribution in [0.5, 0.6) is 0 Å². The zero-order valence-electron chi connectivity index (χ0n) is 20.3. The number of sulfonamides is 1. The van der Waals surface area contributed by atoms with Gasteiger partial charge in [0.05, 0.1) is 17.8 Å². The molecule has 210 valence electrons. The number of carbonyl (C=O) groups excluding carboxylic acids is 1. The molecule has 0 radical (unpaired) electrons. The van der Waals surface area contributed by atoms with E-state index in [1.54, 1.807) is 0 Å². The van der Waals surface area contributed by atoms with Crippen molar-refractivity contribution in [3.63, 3.8) is 0 Å². The number of benzene rings is 2. The standard InChI is InChI=1S/C26H19F6N3O4S/c27-19-5-6-22-17(10-19)11-23(39-22)40(37,38)35-14-25(28,29)12-21(35)24(36)34-13-15-7-8-33-20(9-15)16-1-3-18(4-2-16)26(30,31)32/h1-11,21H,12-14H2,(H,34,36). The number of amides is 1. The Morgan fingerprint density at radius 3 is 2.50 bits per heavy atom. The minimum atomic E-state index is -4.71. The third-order valence-electron chi connectivity index (χ3n) is 6.35. The van der Waals surface area contributed by atoms with E-state index in [-0.39, 0.29) is 17.5 Å². The molecule has 2 aromatic carbocycles. The average molecular weight is 584 g/mol.